The van der Waals surface area contributed by atoms with Crippen molar-refractivity contribution in [1.29, 1.82) is 0 Å². The molecule has 1 N–H and O–H groups in total. The Bertz CT molecular complexity index is 895. The first kappa shape index (κ1) is 18.6. The van der Waals surface area contributed by atoms with Crippen LogP contribution in [0, 0.1) is 6.92 Å². The van der Waals surface area contributed by atoms with Crippen LogP contribution >= 0.6 is 0 Å². The van der Waals surface area contributed by atoms with E-state index in [4.69, 9.17) is 0 Å². The van der Waals surface area contributed by atoms with Crippen LogP contribution in [0.4, 0.5) is 5.69 Å². The lowest BCUT2D eigenvalue weighted by Gasteiger charge is -2.20. The molecule has 0 aromatic heterocycles. The molecule has 2 aromatic carbocycles. The number of amides is 1. The summed E-state index contributed by atoms with van der Waals surface area (Å²) in [5.41, 5.74) is 2.52. The van der Waals surface area contributed by atoms with E-state index in [1.165, 1.54) is 0 Å². The molecule has 1 atom stereocenters. The van der Waals surface area contributed by atoms with E-state index >= 15 is 0 Å². The van der Waals surface area contributed by atoms with Crippen molar-refractivity contribution in [3.8, 4) is 0 Å². The highest BCUT2D eigenvalue weighted by molar-refractivity contribution is 7.89. The summed E-state index contributed by atoms with van der Waals surface area (Å²) >= 11 is 0. The van der Waals surface area contributed by atoms with Crippen molar-refractivity contribution < 1.29 is 13.2 Å². The Morgan fingerprint density at radius 3 is 2.46 bits per heavy atom. The Morgan fingerprint density at radius 2 is 1.88 bits per heavy atom. The van der Waals surface area contributed by atoms with Gasteiger partial charge in [0, 0.05) is 24.7 Å². The van der Waals surface area contributed by atoms with Crippen LogP contribution in [0.25, 0.3) is 0 Å². The molecule has 6 heteroatoms. The third-order valence-corrected chi connectivity index (χ3v) is 6.22. The molecule has 138 valence electrons. The number of benzene rings is 2. The molecule has 0 aliphatic carbocycles. The molecule has 3 rings (SSSR count). The lowest BCUT2D eigenvalue weighted by molar-refractivity contribution is -0.117. The predicted octanol–water partition coefficient (Wildman–Crippen LogP) is 3.55. The maximum atomic E-state index is 12.8. The minimum atomic E-state index is -3.65. The van der Waals surface area contributed by atoms with Gasteiger partial charge in [0.15, 0.2) is 0 Å². The molecule has 1 fully saturated rings. The Labute approximate surface area is 155 Å². The predicted molar refractivity (Wildman–Crippen MR) is 103 cm³/mol. The van der Waals surface area contributed by atoms with Crippen LogP contribution in [0.15, 0.2) is 53.4 Å². The summed E-state index contributed by atoms with van der Waals surface area (Å²) in [5.74, 6) is 0.0944. The van der Waals surface area contributed by atoms with E-state index in [-0.39, 0.29) is 16.8 Å². The summed E-state index contributed by atoms with van der Waals surface area (Å²) in [4.78, 5) is 13.9. The number of rotatable bonds is 6. The highest BCUT2D eigenvalue weighted by atomic mass is 32.2. The van der Waals surface area contributed by atoms with Crippen LogP contribution in [-0.4, -0.2) is 20.9 Å². The van der Waals surface area contributed by atoms with E-state index in [0.717, 1.165) is 23.2 Å². The van der Waals surface area contributed by atoms with Crippen LogP contribution in [0.5, 0.6) is 0 Å². The number of anilines is 1. The van der Waals surface area contributed by atoms with Crippen LogP contribution in [-0.2, 0) is 14.8 Å². The average molecular weight is 372 g/mol. The van der Waals surface area contributed by atoms with Gasteiger partial charge in [0.25, 0.3) is 0 Å². The van der Waals surface area contributed by atoms with Gasteiger partial charge in [0.05, 0.1) is 4.90 Å². The standard InChI is InChI=1S/C20H24N2O3S/c1-3-18(16-8-5-4-6-9-16)21-26(24,25)17-11-12-19(15(2)14-17)22-13-7-10-20(22)23/h4-6,8-9,11-12,14,18,21H,3,7,10,13H2,1-2H3/t18-/m1/s1. The summed E-state index contributed by atoms with van der Waals surface area (Å²) in [6.07, 6.45) is 2.05. The molecule has 26 heavy (non-hydrogen) atoms. The van der Waals surface area contributed by atoms with Crippen molar-refractivity contribution in [1.82, 2.24) is 4.72 Å². The molecule has 1 aliphatic rings. The van der Waals surface area contributed by atoms with Gasteiger partial charge in [-0.3, -0.25) is 4.79 Å². The zero-order valence-electron chi connectivity index (χ0n) is 15.1. The average Bonchev–Trinajstić information content (AvgIpc) is 3.06. The number of hydrogen-bond acceptors (Lipinski definition) is 3. The molecular formula is C20H24N2O3S. The van der Waals surface area contributed by atoms with Gasteiger partial charge in [-0.25, -0.2) is 13.1 Å². The second-order valence-electron chi connectivity index (χ2n) is 6.59. The maximum absolute atomic E-state index is 12.8. The van der Waals surface area contributed by atoms with Crippen molar-refractivity contribution in [3.63, 3.8) is 0 Å². The molecule has 2 aromatic rings. The summed E-state index contributed by atoms with van der Waals surface area (Å²) < 4.78 is 28.5. The first-order chi connectivity index (χ1) is 12.4. The SMILES string of the molecule is CC[C@@H](NS(=O)(=O)c1ccc(N2CCCC2=O)c(C)c1)c1ccccc1. The van der Waals surface area contributed by atoms with Crippen LogP contribution in [0.2, 0.25) is 0 Å². The van der Waals surface area contributed by atoms with Gasteiger partial charge in [-0.2, -0.15) is 0 Å². The first-order valence-electron chi connectivity index (χ1n) is 8.90. The van der Waals surface area contributed by atoms with E-state index in [1.807, 2.05) is 44.2 Å². The molecule has 0 spiro atoms. The summed E-state index contributed by atoms with van der Waals surface area (Å²) in [5, 5.41) is 0. The first-order valence-corrected chi connectivity index (χ1v) is 10.4. The van der Waals surface area contributed by atoms with Gasteiger partial charge in [0.1, 0.15) is 0 Å². The van der Waals surface area contributed by atoms with Gasteiger partial charge in [-0.05, 0) is 49.1 Å². The summed E-state index contributed by atoms with van der Waals surface area (Å²) in [6, 6.07) is 14.2. The van der Waals surface area contributed by atoms with E-state index < -0.39 is 10.0 Å². The highest BCUT2D eigenvalue weighted by Gasteiger charge is 2.25. The molecule has 5 nitrogen and oxygen atoms in total. The van der Waals surface area contributed by atoms with Gasteiger partial charge in [0.2, 0.25) is 15.9 Å². The lowest BCUT2D eigenvalue weighted by atomic mass is 10.1. The quantitative estimate of drug-likeness (QED) is 0.843. The fourth-order valence-electron chi connectivity index (χ4n) is 3.33. The number of sulfonamides is 1. The maximum Gasteiger partial charge on any atom is 0.241 e. The Kier molecular flexibility index (Phi) is 5.44. The van der Waals surface area contributed by atoms with Crippen molar-refractivity contribution in [2.24, 2.45) is 0 Å². The highest BCUT2D eigenvalue weighted by Crippen LogP contribution is 2.28. The molecular weight excluding hydrogens is 348 g/mol. The molecule has 0 bridgehead atoms. The molecule has 1 saturated heterocycles. The van der Waals surface area contributed by atoms with E-state index in [9.17, 15) is 13.2 Å². The zero-order chi connectivity index (χ0) is 18.7. The van der Waals surface area contributed by atoms with Crippen LogP contribution in [0.1, 0.15) is 43.4 Å². The monoisotopic (exact) mass is 372 g/mol. The third kappa shape index (κ3) is 3.81. The topological polar surface area (TPSA) is 66.5 Å². The van der Waals surface area contributed by atoms with Crippen molar-refractivity contribution in [3.05, 3.63) is 59.7 Å². The number of nitrogens with zero attached hydrogens (tertiary/aromatic N) is 1. The Morgan fingerprint density at radius 1 is 1.15 bits per heavy atom. The normalized spacial score (nSPS) is 16.1. The van der Waals surface area contributed by atoms with Crippen molar-refractivity contribution in [2.75, 3.05) is 11.4 Å². The van der Waals surface area contributed by atoms with E-state index in [0.29, 0.717) is 19.4 Å². The van der Waals surface area contributed by atoms with Gasteiger partial charge in [-0.1, -0.05) is 37.3 Å². The van der Waals surface area contributed by atoms with Crippen molar-refractivity contribution >= 4 is 21.6 Å². The lowest BCUT2D eigenvalue weighted by Crippen LogP contribution is -2.29. The van der Waals surface area contributed by atoms with Crippen LogP contribution in [0.3, 0.4) is 0 Å². The Balaban J connectivity index is 1.85. The zero-order valence-corrected chi connectivity index (χ0v) is 15.9. The molecule has 0 unspecified atom stereocenters. The molecule has 0 saturated carbocycles. The third-order valence-electron chi connectivity index (χ3n) is 4.75. The van der Waals surface area contributed by atoms with Gasteiger partial charge < -0.3 is 4.90 Å². The number of nitrogens with one attached hydrogen (secondary N) is 1. The fourth-order valence-corrected chi connectivity index (χ4v) is 4.72. The molecule has 1 aliphatic heterocycles. The second-order valence-corrected chi connectivity index (χ2v) is 8.30. The largest absolute Gasteiger partial charge is 0.312 e. The number of hydrogen-bond donors (Lipinski definition) is 1. The minimum absolute atomic E-state index is 0.0944. The number of carbonyl (C=O) groups excluding carboxylic acids is 1. The molecule has 0 radical (unpaired) electrons. The van der Waals surface area contributed by atoms with Gasteiger partial charge in [-0.15, -0.1) is 0 Å². The Hall–Kier alpha value is -2.18. The van der Waals surface area contributed by atoms with Crippen LogP contribution < -0.4 is 9.62 Å². The van der Waals surface area contributed by atoms with E-state index in [1.54, 1.807) is 23.1 Å². The summed E-state index contributed by atoms with van der Waals surface area (Å²) in [7, 11) is -3.65. The number of carbonyl (C=O) groups is 1. The fraction of sp³-hybridized carbons (Fsp3) is 0.350. The van der Waals surface area contributed by atoms with Gasteiger partial charge >= 0.3 is 0 Å². The number of aryl methyl sites for hydroxylation is 1. The summed E-state index contributed by atoms with van der Waals surface area (Å²) in [6.45, 7) is 4.48. The smallest absolute Gasteiger partial charge is 0.241 e. The molecule has 1 heterocycles. The van der Waals surface area contributed by atoms with E-state index in [2.05, 4.69) is 4.72 Å². The second kappa shape index (κ2) is 7.60. The minimum Gasteiger partial charge on any atom is -0.312 e. The van der Waals surface area contributed by atoms with Crippen molar-refractivity contribution in [2.45, 2.75) is 44.0 Å². The molecule has 1 amide bonds.